The second-order valence-corrected chi connectivity index (χ2v) is 7.85. The van der Waals surface area contributed by atoms with E-state index >= 15 is 0 Å². The van der Waals surface area contributed by atoms with E-state index in [1.807, 2.05) is 59.5 Å². The van der Waals surface area contributed by atoms with Gasteiger partial charge in [-0.1, -0.05) is 69.4 Å². The number of nitrogens with zero attached hydrogens (tertiary/aromatic N) is 2. The predicted molar refractivity (Wildman–Crippen MR) is 120 cm³/mol. The smallest absolute Gasteiger partial charge is 0.290 e. The highest BCUT2D eigenvalue weighted by molar-refractivity contribution is 5.94. The topological polar surface area (TPSA) is 62.1 Å². The quantitative estimate of drug-likeness (QED) is 0.316. The number of carbonyl (C=O) groups excluding carboxylic acids is 1. The first-order chi connectivity index (χ1) is 14.7. The van der Waals surface area contributed by atoms with E-state index in [1.165, 1.54) is 25.7 Å². The van der Waals surface area contributed by atoms with Gasteiger partial charge in [-0.2, -0.15) is 0 Å². The van der Waals surface area contributed by atoms with Gasteiger partial charge in [-0.25, -0.2) is 4.98 Å². The molecule has 2 aromatic carbocycles. The van der Waals surface area contributed by atoms with Gasteiger partial charge in [0.25, 0.3) is 5.91 Å². The summed E-state index contributed by atoms with van der Waals surface area (Å²) < 4.78 is 5.98. The molecule has 0 radical (unpaired) electrons. The number of nitrogens with one attached hydrogen (secondary N) is 1. The van der Waals surface area contributed by atoms with Gasteiger partial charge in [-0.3, -0.25) is 4.79 Å². The number of para-hydroxylation sites is 3. The van der Waals surface area contributed by atoms with Gasteiger partial charge >= 0.3 is 0 Å². The van der Waals surface area contributed by atoms with E-state index in [-0.39, 0.29) is 5.91 Å². The number of imidazole rings is 1. The van der Waals surface area contributed by atoms with E-state index in [0.29, 0.717) is 18.9 Å². The van der Waals surface area contributed by atoms with Crippen LogP contribution in [-0.2, 0) is 6.54 Å². The molecule has 1 N–H and O–H groups in total. The first-order valence-corrected chi connectivity index (χ1v) is 11.0. The van der Waals surface area contributed by atoms with Crippen molar-refractivity contribution in [3.8, 4) is 0 Å². The maximum absolute atomic E-state index is 13.3. The Bertz CT molecular complexity index is 1050. The molecule has 5 nitrogen and oxygen atoms in total. The molecule has 30 heavy (non-hydrogen) atoms. The number of benzene rings is 2. The Labute approximate surface area is 177 Å². The average molecular weight is 404 g/mol. The van der Waals surface area contributed by atoms with Gasteiger partial charge in [-0.05, 0) is 30.7 Å². The third-order valence-electron chi connectivity index (χ3n) is 5.48. The lowest BCUT2D eigenvalue weighted by Crippen LogP contribution is -2.32. The Morgan fingerprint density at radius 1 is 1.00 bits per heavy atom. The molecule has 0 aliphatic heterocycles. The van der Waals surface area contributed by atoms with Gasteiger partial charge in [0.2, 0.25) is 0 Å². The number of fused-ring (bicyclic) bond motifs is 2. The van der Waals surface area contributed by atoms with Crippen LogP contribution in [0, 0.1) is 0 Å². The first kappa shape index (κ1) is 20.2. The first-order valence-electron chi connectivity index (χ1n) is 11.0. The lowest BCUT2D eigenvalue weighted by atomic mass is 10.1. The van der Waals surface area contributed by atoms with Crippen molar-refractivity contribution in [1.29, 1.82) is 0 Å². The van der Waals surface area contributed by atoms with Crippen LogP contribution in [0.5, 0.6) is 0 Å². The van der Waals surface area contributed by atoms with Crippen LogP contribution in [0.1, 0.15) is 61.8 Å². The van der Waals surface area contributed by atoms with Crippen LogP contribution in [0.15, 0.2) is 59.0 Å². The second-order valence-electron chi connectivity index (χ2n) is 7.85. The number of furan rings is 1. The van der Waals surface area contributed by atoms with Crippen LogP contribution < -0.4 is 0 Å². The van der Waals surface area contributed by atoms with E-state index in [4.69, 9.17) is 4.42 Å². The monoisotopic (exact) mass is 403 g/mol. The largest absolute Gasteiger partial charge is 0.459 e. The molecule has 0 bridgehead atoms. The molecular weight excluding hydrogens is 374 g/mol. The minimum Gasteiger partial charge on any atom is -0.459 e. The Morgan fingerprint density at radius 3 is 2.60 bits per heavy atom. The molecule has 0 unspecified atom stereocenters. The van der Waals surface area contributed by atoms with Gasteiger partial charge in [0.05, 0.1) is 17.6 Å². The third-order valence-corrected chi connectivity index (χ3v) is 5.48. The summed E-state index contributed by atoms with van der Waals surface area (Å²) in [6.07, 6.45) is 7.10. The molecule has 2 heterocycles. The predicted octanol–water partition coefficient (Wildman–Crippen LogP) is 6.31. The van der Waals surface area contributed by atoms with Crippen LogP contribution in [0.4, 0.5) is 0 Å². The van der Waals surface area contributed by atoms with Crippen molar-refractivity contribution in [2.45, 2.75) is 52.0 Å². The number of carbonyl (C=O) groups is 1. The van der Waals surface area contributed by atoms with Crippen molar-refractivity contribution in [1.82, 2.24) is 14.9 Å². The SMILES string of the molecule is CCCCCCCCN(Cc1cc2ccccc2o1)C(=O)c1nc2ccccc2[nH]1. The van der Waals surface area contributed by atoms with Gasteiger partial charge in [0, 0.05) is 11.9 Å². The average Bonchev–Trinajstić information content (AvgIpc) is 3.38. The number of unbranched alkanes of at least 4 members (excludes halogenated alkanes) is 5. The highest BCUT2D eigenvalue weighted by atomic mass is 16.3. The maximum atomic E-state index is 13.3. The van der Waals surface area contributed by atoms with E-state index in [2.05, 4.69) is 16.9 Å². The van der Waals surface area contributed by atoms with E-state index < -0.39 is 0 Å². The molecule has 1 amide bonds. The summed E-state index contributed by atoms with van der Waals surface area (Å²) in [6.45, 7) is 3.36. The highest BCUT2D eigenvalue weighted by Gasteiger charge is 2.21. The van der Waals surface area contributed by atoms with Gasteiger partial charge < -0.3 is 14.3 Å². The third kappa shape index (κ3) is 4.73. The van der Waals surface area contributed by atoms with E-state index in [9.17, 15) is 4.79 Å². The molecule has 0 fully saturated rings. The molecule has 0 spiro atoms. The van der Waals surface area contributed by atoms with Crippen molar-refractivity contribution < 1.29 is 9.21 Å². The number of rotatable bonds is 10. The van der Waals surface area contributed by atoms with E-state index in [0.717, 1.165) is 40.6 Å². The molecule has 0 aliphatic rings. The minimum absolute atomic E-state index is 0.0831. The fourth-order valence-corrected chi connectivity index (χ4v) is 3.84. The Kier molecular flexibility index (Phi) is 6.47. The molecular formula is C25H29N3O2. The minimum atomic E-state index is -0.0831. The molecule has 2 aromatic heterocycles. The van der Waals surface area contributed by atoms with Gasteiger partial charge in [0.15, 0.2) is 5.82 Å². The fraction of sp³-hybridized carbons (Fsp3) is 0.360. The molecule has 0 saturated heterocycles. The summed E-state index contributed by atoms with van der Waals surface area (Å²) in [4.78, 5) is 22.8. The van der Waals surface area contributed by atoms with Crippen LogP contribution in [0.3, 0.4) is 0 Å². The zero-order chi connectivity index (χ0) is 20.8. The normalized spacial score (nSPS) is 11.4. The summed E-state index contributed by atoms with van der Waals surface area (Å²) in [7, 11) is 0. The summed E-state index contributed by atoms with van der Waals surface area (Å²) in [5, 5.41) is 1.06. The number of amides is 1. The van der Waals surface area contributed by atoms with Crippen molar-refractivity contribution in [2.75, 3.05) is 6.54 Å². The lowest BCUT2D eigenvalue weighted by molar-refractivity contribution is 0.0718. The Balaban J connectivity index is 1.50. The molecule has 0 saturated carbocycles. The van der Waals surface area contributed by atoms with Crippen LogP contribution in [0.2, 0.25) is 0 Å². The summed E-state index contributed by atoms with van der Waals surface area (Å²) in [5.41, 5.74) is 2.54. The van der Waals surface area contributed by atoms with Gasteiger partial charge in [0.1, 0.15) is 11.3 Å². The van der Waals surface area contributed by atoms with Crippen molar-refractivity contribution in [3.63, 3.8) is 0 Å². The number of H-pyrrole nitrogens is 1. The zero-order valence-corrected chi connectivity index (χ0v) is 17.6. The van der Waals surface area contributed by atoms with E-state index in [1.54, 1.807) is 0 Å². The molecule has 4 rings (SSSR count). The zero-order valence-electron chi connectivity index (χ0n) is 17.6. The standard InChI is InChI=1S/C25H29N3O2/c1-2-3-4-5-6-11-16-28(18-20-17-19-12-7-10-15-23(19)30-20)25(29)24-26-21-13-8-9-14-22(21)27-24/h7-10,12-15,17H,2-6,11,16,18H2,1H3,(H,26,27). The summed E-state index contributed by atoms with van der Waals surface area (Å²) in [6, 6.07) is 17.7. The van der Waals surface area contributed by atoms with Crippen LogP contribution >= 0.6 is 0 Å². The second kappa shape index (κ2) is 9.61. The highest BCUT2D eigenvalue weighted by Crippen LogP contribution is 2.21. The molecule has 0 aliphatic carbocycles. The number of hydrogen-bond donors (Lipinski definition) is 1. The number of aromatic nitrogens is 2. The Hall–Kier alpha value is -3.08. The van der Waals surface area contributed by atoms with Crippen LogP contribution in [-0.4, -0.2) is 27.3 Å². The molecule has 0 atom stereocenters. The Morgan fingerprint density at radius 2 is 1.77 bits per heavy atom. The molecule has 4 aromatic rings. The lowest BCUT2D eigenvalue weighted by Gasteiger charge is -2.20. The fourth-order valence-electron chi connectivity index (χ4n) is 3.84. The summed E-state index contributed by atoms with van der Waals surface area (Å²) in [5.74, 6) is 1.10. The number of aromatic amines is 1. The summed E-state index contributed by atoms with van der Waals surface area (Å²) >= 11 is 0. The van der Waals surface area contributed by atoms with Crippen molar-refractivity contribution in [2.24, 2.45) is 0 Å². The van der Waals surface area contributed by atoms with Crippen molar-refractivity contribution in [3.05, 3.63) is 66.2 Å². The van der Waals surface area contributed by atoms with Crippen LogP contribution in [0.25, 0.3) is 22.0 Å². The maximum Gasteiger partial charge on any atom is 0.290 e. The molecule has 156 valence electrons. The number of hydrogen-bond acceptors (Lipinski definition) is 3. The van der Waals surface area contributed by atoms with Crippen molar-refractivity contribution >= 4 is 27.9 Å². The molecule has 5 heteroatoms. The van der Waals surface area contributed by atoms with Gasteiger partial charge in [-0.15, -0.1) is 0 Å².